The van der Waals surface area contributed by atoms with Crippen LogP contribution in [0.2, 0.25) is 0 Å². The van der Waals surface area contributed by atoms with Crippen LogP contribution in [0, 0.1) is 0 Å². The molecule has 19 heavy (non-hydrogen) atoms. The molecule has 0 radical (unpaired) electrons. The maximum Gasteiger partial charge on any atom is 0.417 e. The van der Waals surface area contributed by atoms with Crippen molar-refractivity contribution in [1.82, 2.24) is 20.0 Å². The number of hydrogen-bond acceptors (Lipinski definition) is 4. The quantitative estimate of drug-likeness (QED) is 0.790. The molecule has 0 aliphatic rings. The summed E-state index contributed by atoms with van der Waals surface area (Å²) in [6, 6.07) is 1.82. The normalized spacial score (nSPS) is 11.6. The Morgan fingerprint density at radius 3 is 2.47 bits per heavy atom. The van der Waals surface area contributed by atoms with Crippen molar-refractivity contribution in [1.29, 1.82) is 0 Å². The molecular formula is C10H6BrF3N4O. The molecule has 0 spiro atoms. The van der Waals surface area contributed by atoms with Crippen LogP contribution in [0.5, 0.6) is 0 Å². The van der Waals surface area contributed by atoms with Gasteiger partial charge in [0.05, 0.1) is 5.56 Å². The van der Waals surface area contributed by atoms with Gasteiger partial charge in [0.2, 0.25) is 5.78 Å². The molecule has 2 heterocycles. The van der Waals surface area contributed by atoms with E-state index in [1.54, 1.807) is 0 Å². The minimum Gasteiger partial charge on any atom is -0.285 e. The Morgan fingerprint density at radius 1 is 1.37 bits per heavy atom. The summed E-state index contributed by atoms with van der Waals surface area (Å²) < 4.78 is 38.5. The third-order valence-electron chi connectivity index (χ3n) is 2.32. The van der Waals surface area contributed by atoms with Crippen LogP contribution < -0.4 is 0 Å². The van der Waals surface area contributed by atoms with E-state index < -0.39 is 17.5 Å². The molecule has 0 aromatic carbocycles. The van der Waals surface area contributed by atoms with Crippen molar-refractivity contribution in [2.24, 2.45) is 7.05 Å². The third-order valence-corrected chi connectivity index (χ3v) is 2.86. The highest BCUT2D eigenvalue weighted by Gasteiger charge is 2.31. The summed E-state index contributed by atoms with van der Waals surface area (Å²) >= 11 is 3.04. The van der Waals surface area contributed by atoms with Crippen LogP contribution in [0.3, 0.4) is 0 Å². The predicted molar refractivity (Wildman–Crippen MR) is 61.4 cm³/mol. The SMILES string of the molecule is Cn1nnc(Br)c1C(=O)c1ccc(C(F)(F)F)cn1. The Kier molecular flexibility index (Phi) is 3.40. The fraction of sp³-hybridized carbons (Fsp3) is 0.200. The maximum atomic E-state index is 12.4. The Balaban J connectivity index is 2.36. The number of halogens is 4. The molecule has 2 rings (SSSR count). The molecule has 5 nitrogen and oxygen atoms in total. The highest BCUT2D eigenvalue weighted by molar-refractivity contribution is 9.10. The summed E-state index contributed by atoms with van der Waals surface area (Å²) in [5, 5.41) is 7.23. The monoisotopic (exact) mass is 334 g/mol. The number of aryl methyl sites for hydroxylation is 1. The first kappa shape index (κ1) is 13.7. The van der Waals surface area contributed by atoms with Crippen LogP contribution in [0.1, 0.15) is 21.7 Å². The summed E-state index contributed by atoms with van der Waals surface area (Å²) in [7, 11) is 1.50. The highest BCUT2D eigenvalue weighted by Crippen LogP contribution is 2.28. The summed E-state index contributed by atoms with van der Waals surface area (Å²) in [6.45, 7) is 0. The smallest absolute Gasteiger partial charge is 0.285 e. The van der Waals surface area contributed by atoms with Gasteiger partial charge in [0.1, 0.15) is 11.4 Å². The van der Waals surface area contributed by atoms with Crippen molar-refractivity contribution in [3.63, 3.8) is 0 Å². The van der Waals surface area contributed by atoms with Crippen LogP contribution in [-0.2, 0) is 13.2 Å². The fourth-order valence-electron chi connectivity index (χ4n) is 1.39. The number of aromatic nitrogens is 4. The first-order valence-corrected chi connectivity index (χ1v) is 5.73. The van der Waals surface area contributed by atoms with Gasteiger partial charge in [-0.2, -0.15) is 13.2 Å². The van der Waals surface area contributed by atoms with Gasteiger partial charge in [0.15, 0.2) is 4.60 Å². The molecule has 0 unspecified atom stereocenters. The van der Waals surface area contributed by atoms with E-state index in [9.17, 15) is 18.0 Å². The van der Waals surface area contributed by atoms with E-state index in [0.717, 1.165) is 12.1 Å². The standard InChI is InChI=1S/C10H6BrF3N4O/c1-18-7(9(11)16-17-18)8(19)6-3-2-5(4-15-6)10(12,13)14/h2-4H,1H3. The van der Waals surface area contributed by atoms with Gasteiger partial charge in [-0.15, -0.1) is 5.10 Å². The molecule has 0 N–H and O–H groups in total. The second kappa shape index (κ2) is 4.72. The zero-order valence-electron chi connectivity index (χ0n) is 9.44. The number of carbonyl (C=O) groups excluding carboxylic acids is 1. The Morgan fingerprint density at radius 2 is 2.05 bits per heavy atom. The largest absolute Gasteiger partial charge is 0.417 e. The number of rotatable bonds is 2. The van der Waals surface area contributed by atoms with E-state index in [0.29, 0.717) is 6.20 Å². The topological polar surface area (TPSA) is 60.7 Å². The van der Waals surface area contributed by atoms with Gasteiger partial charge in [-0.25, -0.2) is 4.68 Å². The van der Waals surface area contributed by atoms with E-state index in [4.69, 9.17) is 0 Å². The Bertz CT molecular complexity index is 601. The van der Waals surface area contributed by atoms with Gasteiger partial charge in [0, 0.05) is 13.2 Å². The molecule has 0 saturated heterocycles. The van der Waals surface area contributed by atoms with Gasteiger partial charge >= 0.3 is 6.18 Å². The van der Waals surface area contributed by atoms with Crippen LogP contribution in [0.25, 0.3) is 0 Å². The number of carbonyl (C=O) groups is 1. The van der Waals surface area contributed by atoms with Crippen molar-refractivity contribution >= 4 is 21.7 Å². The van der Waals surface area contributed by atoms with Crippen molar-refractivity contribution in [3.05, 3.63) is 39.9 Å². The molecular weight excluding hydrogens is 329 g/mol. The molecule has 0 fully saturated rings. The zero-order chi connectivity index (χ0) is 14.2. The van der Waals surface area contributed by atoms with Gasteiger partial charge in [-0.3, -0.25) is 9.78 Å². The lowest BCUT2D eigenvalue weighted by molar-refractivity contribution is -0.137. The number of nitrogens with zero attached hydrogens (tertiary/aromatic N) is 4. The fourth-order valence-corrected chi connectivity index (χ4v) is 1.90. The highest BCUT2D eigenvalue weighted by atomic mass is 79.9. The van der Waals surface area contributed by atoms with E-state index in [2.05, 4.69) is 31.2 Å². The maximum absolute atomic E-state index is 12.4. The van der Waals surface area contributed by atoms with Crippen molar-refractivity contribution in [2.75, 3.05) is 0 Å². The molecule has 0 aliphatic carbocycles. The van der Waals surface area contributed by atoms with Crippen molar-refractivity contribution < 1.29 is 18.0 Å². The van der Waals surface area contributed by atoms with Crippen LogP contribution in [0.15, 0.2) is 22.9 Å². The first-order chi connectivity index (χ1) is 8.80. The third kappa shape index (κ3) is 2.65. The Labute approximate surface area is 113 Å². The second-order valence-electron chi connectivity index (χ2n) is 3.61. The first-order valence-electron chi connectivity index (χ1n) is 4.94. The Hall–Kier alpha value is -1.77. The number of hydrogen-bond donors (Lipinski definition) is 0. The molecule has 0 atom stereocenters. The van der Waals surface area contributed by atoms with E-state index in [1.165, 1.54) is 11.7 Å². The molecule has 100 valence electrons. The second-order valence-corrected chi connectivity index (χ2v) is 4.36. The lowest BCUT2D eigenvalue weighted by Gasteiger charge is -2.06. The molecule has 9 heteroatoms. The average molecular weight is 335 g/mol. The van der Waals surface area contributed by atoms with Crippen molar-refractivity contribution in [2.45, 2.75) is 6.18 Å². The van der Waals surface area contributed by atoms with Crippen LogP contribution in [-0.4, -0.2) is 25.8 Å². The van der Waals surface area contributed by atoms with E-state index in [-0.39, 0.29) is 16.0 Å². The number of pyridine rings is 1. The van der Waals surface area contributed by atoms with E-state index >= 15 is 0 Å². The van der Waals surface area contributed by atoms with Crippen LogP contribution >= 0.6 is 15.9 Å². The lowest BCUT2D eigenvalue weighted by atomic mass is 10.2. The summed E-state index contributed by atoms with van der Waals surface area (Å²) in [5.74, 6) is -0.562. The average Bonchev–Trinajstić information content (AvgIpc) is 2.67. The molecule has 2 aromatic heterocycles. The summed E-state index contributed by atoms with van der Waals surface area (Å²) in [5.41, 5.74) is -0.905. The minimum atomic E-state index is -4.48. The van der Waals surface area contributed by atoms with Gasteiger partial charge < -0.3 is 0 Å². The van der Waals surface area contributed by atoms with Crippen LogP contribution in [0.4, 0.5) is 13.2 Å². The number of ketones is 1. The van der Waals surface area contributed by atoms with Crippen molar-refractivity contribution in [3.8, 4) is 0 Å². The summed E-state index contributed by atoms with van der Waals surface area (Å²) in [6.07, 6.45) is -3.87. The molecule has 0 amide bonds. The number of alkyl halides is 3. The van der Waals surface area contributed by atoms with Gasteiger partial charge in [-0.1, -0.05) is 5.21 Å². The molecule has 2 aromatic rings. The zero-order valence-corrected chi connectivity index (χ0v) is 11.0. The molecule has 0 aliphatic heterocycles. The summed E-state index contributed by atoms with van der Waals surface area (Å²) in [4.78, 5) is 15.6. The van der Waals surface area contributed by atoms with Gasteiger partial charge in [0.25, 0.3) is 0 Å². The van der Waals surface area contributed by atoms with Gasteiger partial charge in [-0.05, 0) is 28.1 Å². The van der Waals surface area contributed by atoms with E-state index in [1.807, 2.05) is 0 Å². The molecule has 0 bridgehead atoms. The lowest BCUT2D eigenvalue weighted by Crippen LogP contribution is -2.12. The predicted octanol–water partition coefficient (Wildman–Crippen LogP) is 2.22. The molecule has 0 saturated carbocycles. The minimum absolute atomic E-state index is 0.112.